The van der Waals surface area contributed by atoms with E-state index in [4.69, 9.17) is 11.6 Å². The van der Waals surface area contributed by atoms with E-state index in [2.05, 4.69) is 45.6 Å². The Kier molecular flexibility index (Phi) is 22.3. The molecule has 0 saturated heterocycles. The molecule has 6 rings (SSSR count). The number of hydrazone groups is 1. The van der Waals surface area contributed by atoms with Crippen LogP contribution < -0.4 is 140 Å². The zero-order valence-electron chi connectivity index (χ0n) is 34.8. The van der Waals surface area contributed by atoms with E-state index in [9.17, 15) is 65.1 Å². The van der Waals surface area contributed by atoms with Gasteiger partial charge in [-0.2, -0.15) is 20.1 Å². The molecule has 1 aliphatic rings. The summed E-state index contributed by atoms with van der Waals surface area (Å²) in [4.78, 5) is 22.7. The van der Waals surface area contributed by atoms with Gasteiger partial charge in [-0.05, 0) is 90.0 Å². The molecule has 4 N–H and O–H groups in total. The Morgan fingerprint density at radius 3 is 1.72 bits per heavy atom. The molecule has 0 bridgehead atoms. The van der Waals surface area contributed by atoms with Crippen molar-refractivity contribution in [1.29, 1.82) is 0 Å². The van der Waals surface area contributed by atoms with Crippen LogP contribution in [0.4, 0.5) is 40.3 Å². The first-order valence-corrected chi connectivity index (χ1v) is 24.4. The quantitative estimate of drug-likeness (QED) is 0.0308. The van der Waals surface area contributed by atoms with Gasteiger partial charge in [0.2, 0.25) is 33.4 Å². The number of aromatic nitrogens is 3. The third-order valence-electron chi connectivity index (χ3n) is 8.14. The SMILES string of the molecule is O=C1/C(=N\Nc2cc(Nc3nc(Cl)nc(Nc4cccc(S(=O)(=O)CCOS(=O)(=O)[O-])c4)n3)ccc2S(=O)(=O)[O-])C(S(=O)(=O)[O-])=Cc2ccc(Nc3cccc(S(=O)(=O)[O-])c3)cc21.[Na+].[Na+].[Na+].[Na+]. The van der Waals surface area contributed by atoms with Gasteiger partial charge in [-0.15, -0.1) is 0 Å². The molecular formula is C33H23ClN8Na4O16S5. The molecule has 1 aromatic heterocycles. The van der Waals surface area contributed by atoms with E-state index < -0.39 is 100 Å². The van der Waals surface area contributed by atoms with Crippen molar-refractivity contribution in [3.05, 3.63) is 106 Å². The maximum absolute atomic E-state index is 13.8. The number of carbonyl (C=O) groups is 1. The summed E-state index contributed by atoms with van der Waals surface area (Å²) in [6, 6.07) is 16.4. The van der Waals surface area contributed by atoms with Crippen LogP contribution in [0.15, 0.2) is 110 Å². The maximum Gasteiger partial charge on any atom is 1.00 e. The zero-order valence-corrected chi connectivity index (χ0v) is 47.7. The first kappa shape index (κ1) is 61.1. The van der Waals surface area contributed by atoms with Gasteiger partial charge in [0.25, 0.3) is 0 Å². The zero-order chi connectivity index (χ0) is 46.1. The molecule has 4 aromatic carbocycles. The van der Waals surface area contributed by atoms with Crippen LogP contribution in [-0.2, 0) is 54.8 Å². The molecule has 0 fully saturated rings. The molecule has 34 heteroatoms. The van der Waals surface area contributed by atoms with Gasteiger partial charge in [0.05, 0.1) is 37.6 Å². The number of ketones is 1. The number of rotatable bonds is 16. The number of sulfone groups is 1. The second-order valence-electron chi connectivity index (χ2n) is 12.5. The number of benzene rings is 4. The van der Waals surface area contributed by atoms with Crippen molar-refractivity contribution in [2.24, 2.45) is 5.10 Å². The van der Waals surface area contributed by atoms with Crippen molar-refractivity contribution in [1.82, 2.24) is 15.0 Å². The average molecular weight is 1080 g/mol. The Labute approximate surface area is 475 Å². The number of hydrogen-bond donors (Lipinski definition) is 4. The molecule has 1 aliphatic carbocycles. The summed E-state index contributed by atoms with van der Waals surface area (Å²) in [7, 11) is -24.9. The van der Waals surface area contributed by atoms with Crippen LogP contribution in [0.25, 0.3) is 6.08 Å². The van der Waals surface area contributed by atoms with Gasteiger partial charge < -0.3 is 34.2 Å². The molecule has 0 unspecified atom stereocenters. The van der Waals surface area contributed by atoms with Crippen molar-refractivity contribution in [3.8, 4) is 0 Å². The van der Waals surface area contributed by atoms with Crippen LogP contribution >= 0.6 is 11.6 Å². The number of hydrogen-bond acceptors (Lipinski definition) is 24. The van der Waals surface area contributed by atoms with Crippen LogP contribution in [0, 0.1) is 0 Å². The van der Waals surface area contributed by atoms with Crippen LogP contribution in [-0.4, -0.2) is 99.1 Å². The minimum Gasteiger partial charge on any atom is -0.744 e. The number of halogens is 1. The Balaban J connectivity index is 0.00000385. The van der Waals surface area contributed by atoms with Gasteiger partial charge in [-0.25, -0.2) is 42.1 Å². The third-order valence-corrected chi connectivity index (χ3v) is 13.0. The van der Waals surface area contributed by atoms with Crippen LogP contribution in [0.1, 0.15) is 15.9 Å². The number of nitrogens with one attached hydrogen (secondary N) is 4. The molecule has 332 valence electrons. The molecule has 0 aliphatic heterocycles. The summed E-state index contributed by atoms with van der Waals surface area (Å²) < 4.78 is 170. The van der Waals surface area contributed by atoms with E-state index in [1.807, 2.05) is 0 Å². The van der Waals surface area contributed by atoms with Gasteiger partial charge >= 0.3 is 118 Å². The molecule has 24 nitrogen and oxygen atoms in total. The van der Waals surface area contributed by atoms with Gasteiger partial charge in [-0.3, -0.25) is 14.4 Å². The minimum atomic E-state index is -5.45. The average Bonchev–Trinajstić information content (AvgIpc) is 3.16. The maximum atomic E-state index is 13.8. The molecule has 67 heavy (non-hydrogen) atoms. The van der Waals surface area contributed by atoms with E-state index in [-0.39, 0.29) is 169 Å². The van der Waals surface area contributed by atoms with Crippen molar-refractivity contribution >= 4 is 120 Å². The largest absolute Gasteiger partial charge is 1.00 e. The predicted octanol–water partition coefficient (Wildman–Crippen LogP) is -9.62. The summed E-state index contributed by atoms with van der Waals surface area (Å²) in [5.74, 6) is -2.65. The second kappa shape index (κ2) is 24.4. The molecule has 0 atom stereocenters. The van der Waals surface area contributed by atoms with E-state index >= 15 is 0 Å². The monoisotopic (exact) mass is 1070 g/mol. The van der Waals surface area contributed by atoms with Gasteiger partial charge in [0, 0.05) is 28.3 Å². The van der Waals surface area contributed by atoms with E-state index in [0.717, 1.165) is 42.5 Å². The first-order valence-electron chi connectivity index (χ1n) is 16.8. The Morgan fingerprint density at radius 2 is 1.15 bits per heavy atom. The van der Waals surface area contributed by atoms with Gasteiger partial charge in [0.1, 0.15) is 36.1 Å². The smallest absolute Gasteiger partial charge is 0.744 e. The predicted molar refractivity (Wildman–Crippen MR) is 217 cm³/mol. The fraction of sp³-hybridized carbons (Fsp3) is 0.0606. The molecule has 0 spiro atoms. The van der Waals surface area contributed by atoms with E-state index in [1.165, 1.54) is 48.5 Å². The summed E-state index contributed by atoms with van der Waals surface area (Å²) in [5.41, 5.74) is 0.402. The van der Waals surface area contributed by atoms with Crippen molar-refractivity contribution in [2.45, 2.75) is 14.7 Å². The molecule has 0 saturated carbocycles. The number of anilines is 7. The van der Waals surface area contributed by atoms with Gasteiger partial charge in [0.15, 0.2) is 9.84 Å². The number of Topliss-reactive ketones (excluding diaryl/α,β-unsaturated/α-hetero) is 1. The van der Waals surface area contributed by atoms with Crippen LogP contribution in [0.5, 0.6) is 0 Å². The van der Waals surface area contributed by atoms with Crippen LogP contribution in [0.2, 0.25) is 5.28 Å². The molecule has 5 aromatic rings. The molecule has 1 heterocycles. The van der Waals surface area contributed by atoms with E-state index in [1.54, 1.807) is 0 Å². The molecule has 0 radical (unpaired) electrons. The standard InChI is InChI=1S/C33H27ClN8O16S5.4Na/c34-31-38-32(36-20-4-1-5-23(14-20)59(44,45)12-11-58-63(55,56)57)40-33(39-31)37-22-9-10-27(61(49,50)51)26(17-22)41-42-29-28(62(52,53)54)13-18-7-8-21(16-25(18)30(29)43)35-19-3-2-6-24(15-19)60(46,47)48;;;;/h1-10,13-17,35,41H,11-12H2,(H,46,47,48)(H,49,50,51)(H,52,53,54)(H,55,56,57)(H2,36,37,38,39,40);;;;/q;4*+1/p-4/b42-29-;;;;. The van der Waals surface area contributed by atoms with Gasteiger partial charge in [-0.1, -0.05) is 18.2 Å². The third kappa shape index (κ3) is 16.8. The van der Waals surface area contributed by atoms with Crippen molar-refractivity contribution in [3.63, 3.8) is 0 Å². The fourth-order valence-corrected chi connectivity index (χ4v) is 8.93. The first-order chi connectivity index (χ1) is 29.2. The number of carbonyl (C=O) groups excluding carboxylic acids is 1. The minimum absolute atomic E-state index is 0. The summed E-state index contributed by atoms with van der Waals surface area (Å²) >= 11 is 6.08. The number of allylic oxidation sites excluding steroid dienone is 1. The number of nitrogens with zero attached hydrogens (tertiary/aromatic N) is 4. The number of fused-ring (bicyclic) bond motifs is 1. The summed E-state index contributed by atoms with van der Waals surface area (Å²) in [5, 5.41) is 11.4. The van der Waals surface area contributed by atoms with Crippen molar-refractivity contribution < 1.29 is 188 Å². The Bertz CT molecular complexity index is 3360. The summed E-state index contributed by atoms with van der Waals surface area (Å²) in [6.45, 7) is -0.940. The van der Waals surface area contributed by atoms with E-state index in [0.29, 0.717) is 0 Å². The second-order valence-corrected chi connectivity index (χ2v) is 20.1. The molecular weight excluding hydrogens is 1050 g/mol. The normalized spacial score (nSPS) is 13.3. The fourth-order valence-electron chi connectivity index (χ4n) is 5.48. The van der Waals surface area contributed by atoms with Crippen LogP contribution in [0.3, 0.4) is 0 Å². The topological polar surface area (TPSA) is 388 Å². The van der Waals surface area contributed by atoms with Crippen molar-refractivity contribution in [2.75, 3.05) is 33.7 Å². The molecule has 0 amide bonds. The Hall–Kier alpha value is -1.99. The Morgan fingerprint density at radius 1 is 0.612 bits per heavy atom. The summed E-state index contributed by atoms with van der Waals surface area (Å²) in [6.07, 6.45) is 0.823.